The number of hydrogen-bond donors (Lipinski definition) is 0. The fraction of sp³-hybridized carbons (Fsp3) is 0.348. The highest BCUT2D eigenvalue weighted by Crippen LogP contribution is 2.38. The lowest BCUT2D eigenvalue weighted by Crippen LogP contribution is -2.35. The molecule has 3 aromatic rings. The number of fused-ring (bicyclic) bond motifs is 1. The molecule has 152 valence electrons. The van der Waals surface area contributed by atoms with Crippen molar-refractivity contribution in [3.05, 3.63) is 54.7 Å². The summed E-state index contributed by atoms with van der Waals surface area (Å²) in [5.74, 6) is 1.26. The minimum absolute atomic E-state index is 0.306. The van der Waals surface area contributed by atoms with E-state index in [0.29, 0.717) is 22.3 Å². The van der Waals surface area contributed by atoms with Crippen molar-refractivity contribution >= 4 is 26.4 Å². The Balaban J connectivity index is 1.97. The lowest BCUT2D eigenvalue weighted by molar-refractivity contribution is -0.347. The molecule has 1 aliphatic heterocycles. The molecule has 1 N–H and O–H groups in total. The fourth-order valence-electron chi connectivity index (χ4n) is 4.10. The summed E-state index contributed by atoms with van der Waals surface area (Å²) < 4.78 is 32.8. The number of ether oxygens (including phenoxy) is 1. The molecule has 0 bridgehead atoms. The van der Waals surface area contributed by atoms with Crippen LogP contribution in [0, 0.1) is 5.92 Å². The Bertz CT molecular complexity index is 1110. The summed E-state index contributed by atoms with van der Waals surface area (Å²) >= 11 is 0. The van der Waals surface area contributed by atoms with E-state index in [0.717, 1.165) is 41.9 Å². The number of nitrogens with zero attached hydrogens (tertiary/aromatic N) is 1. The second-order valence-electron chi connectivity index (χ2n) is 7.65. The van der Waals surface area contributed by atoms with Crippen LogP contribution in [0.2, 0.25) is 0 Å². The van der Waals surface area contributed by atoms with E-state index in [2.05, 4.69) is 16.8 Å². The van der Waals surface area contributed by atoms with Gasteiger partial charge < -0.3 is 9.64 Å². The van der Waals surface area contributed by atoms with Crippen LogP contribution in [0.1, 0.15) is 26.7 Å². The van der Waals surface area contributed by atoms with E-state index in [1.54, 1.807) is 30.5 Å². The molecular formula is C23H27N2O3S+. The van der Waals surface area contributed by atoms with Crippen LogP contribution in [-0.4, -0.2) is 28.1 Å². The van der Waals surface area contributed by atoms with Crippen molar-refractivity contribution in [3.8, 4) is 5.75 Å². The maximum Gasteiger partial charge on any atom is 0.214 e. The number of hydrogen-bond acceptors (Lipinski definition) is 4. The highest BCUT2D eigenvalue weighted by atomic mass is 32.2. The van der Waals surface area contributed by atoms with Crippen LogP contribution in [0.15, 0.2) is 64.5 Å². The SMILES string of the molecule is CCOc1ccc2[nH+]cc(S(=O)(=O)c3ccccc3)c(N3CCC[C@H](C)C3)c2c1. The summed E-state index contributed by atoms with van der Waals surface area (Å²) in [6.07, 6.45) is 3.86. The molecule has 0 aliphatic carbocycles. The number of piperidine rings is 1. The number of nitrogens with one attached hydrogen (secondary N) is 1. The first kappa shape index (κ1) is 19.7. The van der Waals surface area contributed by atoms with Gasteiger partial charge in [-0.05, 0) is 49.9 Å². The Morgan fingerprint density at radius 3 is 2.69 bits per heavy atom. The average Bonchev–Trinajstić information content (AvgIpc) is 2.73. The number of pyridine rings is 1. The zero-order valence-corrected chi connectivity index (χ0v) is 17.7. The van der Waals surface area contributed by atoms with Crippen molar-refractivity contribution in [2.24, 2.45) is 5.92 Å². The molecule has 1 atom stereocenters. The largest absolute Gasteiger partial charge is 0.494 e. The quantitative estimate of drug-likeness (QED) is 0.634. The molecule has 1 fully saturated rings. The van der Waals surface area contributed by atoms with E-state index in [9.17, 15) is 8.42 Å². The molecule has 5 nitrogen and oxygen atoms in total. The Kier molecular flexibility index (Phi) is 5.46. The van der Waals surface area contributed by atoms with Crippen molar-refractivity contribution in [1.29, 1.82) is 0 Å². The Labute approximate surface area is 172 Å². The molecule has 0 amide bonds. The first-order valence-electron chi connectivity index (χ1n) is 10.2. The molecular weight excluding hydrogens is 384 g/mol. The molecule has 6 heteroatoms. The zero-order valence-electron chi connectivity index (χ0n) is 16.9. The number of aromatic nitrogens is 1. The van der Waals surface area contributed by atoms with Crippen LogP contribution < -0.4 is 14.6 Å². The Morgan fingerprint density at radius 1 is 1.17 bits per heavy atom. The summed E-state index contributed by atoms with van der Waals surface area (Å²) in [5.41, 5.74) is 1.67. The summed E-state index contributed by atoms with van der Waals surface area (Å²) in [6, 6.07) is 14.5. The molecule has 4 rings (SSSR count). The van der Waals surface area contributed by atoms with Gasteiger partial charge in [0.05, 0.1) is 22.6 Å². The zero-order chi connectivity index (χ0) is 20.4. The van der Waals surface area contributed by atoms with E-state index in [1.807, 2.05) is 31.2 Å². The standard InChI is InChI=1S/C23H26N2O3S/c1-3-28-18-11-12-21-20(14-18)23(25-13-7-8-17(2)16-25)22(15-24-21)29(26,27)19-9-5-4-6-10-19/h4-6,9-12,14-15,17H,3,7-8,13,16H2,1-2H3/p+1/t17-/m0/s1. The number of H-pyrrole nitrogens is 1. The van der Waals surface area contributed by atoms with Gasteiger partial charge in [0.15, 0.2) is 11.1 Å². The first-order chi connectivity index (χ1) is 14.0. The lowest BCUT2D eigenvalue weighted by Gasteiger charge is -2.34. The van der Waals surface area contributed by atoms with E-state index in [-0.39, 0.29) is 0 Å². The third kappa shape index (κ3) is 3.81. The second-order valence-corrected chi connectivity index (χ2v) is 9.57. The van der Waals surface area contributed by atoms with Crippen molar-refractivity contribution in [2.75, 3.05) is 24.6 Å². The van der Waals surface area contributed by atoms with Crippen LogP contribution in [0.3, 0.4) is 0 Å². The number of rotatable bonds is 5. The molecule has 2 heterocycles. The lowest BCUT2D eigenvalue weighted by atomic mass is 9.99. The number of benzene rings is 2. The first-order valence-corrected chi connectivity index (χ1v) is 11.7. The smallest absolute Gasteiger partial charge is 0.214 e. The Hall–Kier alpha value is -2.60. The van der Waals surface area contributed by atoms with Crippen LogP contribution in [0.5, 0.6) is 5.75 Å². The third-order valence-corrected chi connectivity index (χ3v) is 7.25. The predicted octanol–water partition coefficient (Wildman–Crippen LogP) is 4.12. The van der Waals surface area contributed by atoms with Gasteiger partial charge in [0.1, 0.15) is 5.75 Å². The van der Waals surface area contributed by atoms with Gasteiger partial charge in [0.25, 0.3) is 0 Å². The monoisotopic (exact) mass is 411 g/mol. The average molecular weight is 412 g/mol. The number of aromatic amines is 1. The number of anilines is 1. The normalized spacial score (nSPS) is 17.4. The van der Waals surface area contributed by atoms with Crippen LogP contribution in [-0.2, 0) is 9.84 Å². The maximum absolute atomic E-state index is 13.6. The highest BCUT2D eigenvalue weighted by molar-refractivity contribution is 7.91. The molecule has 0 saturated carbocycles. The minimum Gasteiger partial charge on any atom is -0.494 e. The molecule has 1 saturated heterocycles. The van der Waals surface area contributed by atoms with E-state index < -0.39 is 9.84 Å². The van der Waals surface area contributed by atoms with Crippen molar-refractivity contribution in [1.82, 2.24) is 0 Å². The fourth-order valence-corrected chi connectivity index (χ4v) is 5.57. The van der Waals surface area contributed by atoms with Gasteiger partial charge in [0.2, 0.25) is 15.4 Å². The van der Waals surface area contributed by atoms with E-state index >= 15 is 0 Å². The predicted molar refractivity (Wildman–Crippen MR) is 114 cm³/mol. The van der Waals surface area contributed by atoms with E-state index in [1.165, 1.54) is 6.42 Å². The van der Waals surface area contributed by atoms with Crippen LogP contribution in [0.4, 0.5) is 5.69 Å². The minimum atomic E-state index is -3.67. The summed E-state index contributed by atoms with van der Waals surface area (Å²) in [5, 5.41) is 0.877. The van der Waals surface area contributed by atoms with Gasteiger partial charge in [-0.15, -0.1) is 0 Å². The Morgan fingerprint density at radius 2 is 1.97 bits per heavy atom. The van der Waals surface area contributed by atoms with Crippen molar-refractivity contribution in [3.63, 3.8) is 0 Å². The second kappa shape index (κ2) is 8.03. The van der Waals surface area contributed by atoms with Gasteiger partial charge in [0, 0.05) is 19.2 Å². The molecule has 1 aliphatic rings. The van der Waals surface area contributed by atoms with Gasteiger partial charge in [-0.2, -0.15) is 0 Å². The third-order valence-electron chi connectivity index (χ3n) is 5.47. The molecule has 0 spiro atoms. The van der Waals surface area contributed by atoms with Gasteiger partial charge >= 0.3 is 0 Å². The van der Waals surface area contributed by atoms with E-state index in [4.69, 9.17) is 4.74 Å². The van der Waals surface area contributed by atoms with Crippen LogP contribution in [0.25, 0.3) is 10.9 Å². The van der Waals surface area contributed by atoms with Gasteiger partial charge in [-0.3, -0.25) is 0 Å². The topological polar surface area (TPSA) is 60.8 Å². The molecule has 0 unspecified atom stereocenters. The molecule has 29 heavy (non-hydrogen) atoms. The molecule has 1 aromatic heterocycles. The summed E-state index contributed by atoms with van der Waals surface area (Å²) in [7, 11) is -3.67. The van der Waals surface area contributed by atoms with Crippen molar-refractivity contribution in [2.45, 2.75) is 36.5 Å². The van der Waals surface area contributed by atoms with Crippen molar-refractivity contribution < 1.29 is 18.1 Å². The van der Waals surface area contributed by atoms with Crippen LogP contribution >= 0.6 is 0 Å². The molecule has 2 aromatic carbocycles. The maximum atomic E-state index is 13.6. The number of sulfone groups is 1. The highest BCUT2D eigenvalue weighted by Gasteiger charge is 2.31. The summed E-state index contributed by atoms with van der Waals surface area (Å²) in [4.78, 5) is 6.05. The van der Waals surface area contributed by atoms with Gasteiger partial charge in [-0.25, -0.2) is 13.4 Å². The molecule has 0 radical (unpaired) electrons. The summed E-state index contributed by atoms with van der Waals surface area (Å²) in [6.45, 7) is 6.42. The van der Waals surface area contributed by atoms with Gasteiger partial charge in [-0.1, -0.05) is 25.1 Å².